The molecule has 0 amide bonds. The third-order valence-electron chi connectivity index (χ3n) is 3.00. The molecule has 1 aromatic heterocycles. The molecule has 0 aliphatic carbocycles. The molecule has 0 spiro atoms. The number of benzene rings is 1. The van der Waals surface area contributed by atoms with Gasteiger partial charge in [0.25, 0.3) is 5.69 Å². The van der Waals surface area contributed by atoms with Crippen molar-refractivity contribution in [2.75, 3.05) is 0 Å². The highest BCUT2D eigenvalue weighted by Gasteiger charge is 2.14. The first-order valence-corrected chi connectivity index (χ1v) is 6.03. The minimum absolute atomic E-state index is 0.0840. The summed E-state index contributed by atoms with van der Waals surface area (Å²) in [5.74, 6) is -0.816. The van der Waals surface area contributed by atoms with Crippen LogP contribution < -0.4 is 0 Å². The summed E-state index contributed by atoms with van der Waals surface area (Å²) in [7, 11) is 0. The van der Waals surface area contributed by atoms with Crippen molar-refractivity contribution in [3.63, 3.8) is 0 Å². The van der Waals surface area contributed by atoms with Gasteiger partial charge < -0.3 is 9.67 Å². The van der Waals surface area contributed by atoms with E-state index in [0.717, 1.165) is 5.39 Å². The normalized spacial score (nSPS) is 10.7. The minimum atomic E-state index is -0.816. The lowest BCUT2D eigenvalue weighted by Gasteiger charge is -2.05. The second-order valence-corrected chi connectivity index (χ2v) is 4.33. The van der Waals surface area contributed by atoms with Crippen LogP contribution in [-0.4, -0.2) is 20.6 Å². The summed E-state index contributed by atoms with van der Waals surface area (Å²) in [4.78, 5) is 21.0. The number of carbonyl (C=O) groups is 1. The molecule has 0 bridgehead atoms. The number of para-hydroxylation sites is 1. The predicted molar refractivity (Wildman–Crippen MR) is 70.1 cm³/mol. The van der Waals surface area contributed by atoms with E-state index in [9.17, 15) is 14.9 Å². The first kappa shape index (κ1) is 13.1. The second-order valence-electron chi connectivity index (χ2n) is 4.33. The number of nitro groups is 1. The fourth-order valence-corrected chi connectivity index (χ4v) is 2.13. The number of hydrogen-bond donors (Lipinski definition) is 1. The average molecular weight is 262 g/mol. The molecule has 0 fully saturated rings. The maximum Gasteiger partial charge on any atom is 0.303 e. The van der Waals surface area contributed by atoms with Gasteiger partial charge in [-0.1, -0.05) is 12.1 Å². The summed E-state index contributed by atoms with van der Waals surface area (Å²) >= 11 is 0. The SMILES string of the molecule is O=C(O)CCCCn1ccc2cccc([N+](=O)[O-])c21. The number of aromatic nitrogens is 1. The Kier molecular flexibility index (Phi) is 3.79. The molecule has 0 saturated heterocycles. The summed E-state index contributed by atoms with van der Waals surface area (Å²) in [6.45, 7) is 0.585. The van der Waals surface area contributed by atoms with E-state index in [1.165, 1.54) is 6.07 Å². The van der Waals surface area contributed by atoms with Gasteiger partial charge in [0.15, 0.2) is 0 Å². The maximum absolute atomic E-state index is 11.0. The van der Waals surface area contributed by atoms with Gasteiger partial charge in [-0.15, -0.1) is 0 Å². The van der Waals surface area contributed by atoms with E-state index in [-0.39, 0.29) is 12.1 Å². The number of non-ortho nitro benzene ring substituents is 1. The van der Waals surface area contributed by atoms with E-state index in [2.05, 4.69) is 0 Å². The summed E-state index contributed by atoms with van der Waals surface area (Å²) in [5, 5.41) is 20.4. The molecule has 1 heterocycles. The molecule has 19 heavy (non-hydrogen) atoms. The number of aliphatic carboxylic acids is 1. The van der Waals surface area contributed by atoms with Gasteiger partial charge in [-0.2, -0.15) is 0 Å². The number of unbranched alkanes of at least 4 members (excludes halogenated alkanes) is 1. The minimum Gasteiger partial charge on any atom is -0.481 e. The van der Waals surface area contributed by atoms with Gasteiger partial charge in [0, 0.05) is 30.6 Å². The molecule has 1 aromatic carbocycles. The number of carboxylic acid groups (broad SMARTS) is 1. The number of rotatable bonds is 6. The standard InChI is InChI=1S/C13H14N2O4/c16-12(17)6-1-2-8-14-9-7-10-4-3-5-11(13(10)14)15(18)19/h3-5,7,9H,1-2,6,8H2,(H,16,17). The van der Waals surface area contributed by atoms with Crippen molar-refractivity contribution in [1.82, 2.24) is 4.57 Å². The van der Waals surface area contributed by atoms with Gasteiger partial charge in [0.05, 0.1) is 4.92 Å². The van der Waals surface area contributed by atoms with E-state index in [1.807, 2.05) is 16.7 Å². The molecule has 1 N–H and O–H groups in total. The van der Waals surface area contributed by atoms with E-state index in [1.54, 1.807) is 12.3 Å². The van der Waals surface area contributed by atoms with Gasteiger partial charge in [-0.3, -0.25) is 14.9 Å². The van der Waals surface area contributed by atoms with Crippen LogP contribution in [0.3, 0.4) is 0 Å². The monoisotopic (exact) mass is 262 g/mol. The predicted octanol–water partition coefficient (Wildman–Crippen LogP) is 2.80. The third kappa shape index (κ3) is 2.90. The largest absolute Gasteiger partial charge is 0.481 e. The molecule has 2 aromatic rings. The van der Waals surface area contributed by atoms with Crippen molar-refractivity contribution in [2.24, 2.45) is 0 Å². The lowest BCUT2D eigenvalue weighted by Crippen LogP contribution is -2.01. The van der Waals surface area contributed by atoms with E-state index < -0.39 is 10.9 Å². The fraction of sp³-hybridized carbons (Fsp3) is 0.308. The highest BCUT2D eigenvalue weighted by Crippen LogP contribution is 2.26. The zero-order chi connectivity index (χ0) is 13.8. The van der Waals surface area contributed by atoms with Crippen LogP contribution in [0.2, 0.25) is 0 Å². The molecule has 6 nitrogen and oxygen atoms in total. The zero-order valence-electron chi connectivity index (χ0n) is 10.3. The van der Waals surface area contributed by atoms with Gasteiger partial charge in [-0.05, 0) is 18.9 Å². The van der Waals surface area contributed by atoms with E-state index >= 15 is 0 Å². The molecule has 0 aliphatic heterocycles. The molecule has 2 rings (SSSR count). The zero-order valence-corrected chi connectivity index (χ0v) is 10.3. The number of aryl methyl sites for hydroxylation is 1. The Morgan fingerprint density at radius 3 is 2.79 bits per heavy atom. The molecule has 0 atom stereocenters. The molecule has 0 saturated carbocycles. The fourth-order valence-electron chi connectivity index (χ4n) is 2.13. The quantitative estimate of drug-likeness (QED) is 0.492. The van der Waals surface area contributed by atoms with Crippen LogP contribution in [-0.2, 0) is 11.3 Å². The van der Waals surface area contributed by atoms with Crippen LogP contribution in [0, 0.1) is 10.1 Å². The Labute approximate surface area is 109 Å². The van der Waals surface area contributed by atoms with E-state index in [0.29, 0.717) is 24.9 Å². The third-order valence-corrected chi connectivity index (χ3v) is 3.00. The Morgan fingerprint density at radius 1 is 1.32 bits per heavy atom. The van der Waals surface area contributed by atoms with Crippen LogP contribution in [0.4, 0.5) is 5.69 Å². The van der Waals surface area contributed by atoms with Crippen molar-refractivity contribution >= 4 is 22.6 Å². The first-order valence-electron chi connectivity index (χ1n) is 6.03. The topological polar surface area (TPSA) is 85.4 Å². The summed E-state index contributed by atoms with van der Waals surface area (Å²) < 4.78 is 1.81. The first-order chi connectivity index (χ1) is 9.09. The van der Waals surface area contributed by atoms with Gasteiger partial charge in [-0.25, -0.2) is 0 Å². The maximum atomic E-state index is 11.0. The van der Waals surface area contributed by atoms with Gasteiger partial charge in [0.2, 0.25) is 0 Å². The lowest BCUT2D eigenvalue weighted by atomic mass is 10.2. The molecular weight excluding hydrogens is 248 g/mol. The summed E-state index contributed by atoms with van der Waals surface area (Å²) in [6.07, 6.45) is 3.18. The van der Waals surface area contributed by atoms with Gasteiger partial charge >= 0.3 is 5.97 Å². The molecular formula is C13H14N2O4. The van der Waals surface area contributed by atoms with Crippen LogP contribution in [0.15, 0.2) is 30.5 Å². The van der Waals surface area contributed by atoms with Crippen LogP contribution in [0.25, 0.3) is 10.9 Å². The van der Waals surface area contributed by atoms with Gasteiger partial charge in [0.1, 0.15) is 5.52 Å². The van der Waals surface area contributed by atoms with Crippen molar-refractivity contribution in [2.45, 2.75) is 25.8 Å². The number of fused-ring (bicyclic) bond motifs is 1. The van der Waals surface area contributed by atoms with Crippen LogP contribution >= 0.6 is 0 Å². The van der Waals surface area contributed by atoms with Crippen LogP contribution in [0.5, 0.6) is 0 Å². The second kappa shape index (κ2) is 5.51. The molecule has 0 radical (unpaired) electrons. The number of nitrogens with zero attached hydrogens (tertiary/aromatic N) is 2. The highest BCUT2D eigenvalue weighted by atomic mass is 16.6. The summed E-state index contributed by atoms with van der Waals surface area (Å²) in [6, 6.07) is 6.81. The Morgan fingerprint density at radius 2 is 2.11 bits per heavy atom. The van der Waals surface area contributed by atoms with E-state index in [4.69, 9.17) is 5.11 Å². The van der Waals surface area contributed by atoms with Crippen molar-refractivity contribution in [1.29, 1.82) is 0 Å². The van der Waals surface area contributed by atoms with Crippen molar-refractivity contribution in [3.05, 3.63) is 40.6 Å². The van der Waals surface area contributed by atoms with Crippen molar-refractivity contribution in [3.8, 4) is 0 Å². The van der Waals surface area contributed by atoms with Crippen molar-refractivity contribution < 1.29 is 14.8 Å². The molecule has 6 heteroatoms. The smallest absolute Gasteiger partial charge is 0.303 e. The molecule has 0 aliphatic rings. The highest BCUT2D eigenvalue weighted by molar-refractivity contribution is 5.88. The molecule has 100 valence electrons. The number of hydrogen-bond acceptors (Lipinski definition) is 3. The number of nitro benzene ring substituents is 1. The average Bonchev–Trinajstić information content (AvgIpc) is 2.77. The Balaban J connectivity index is 2.19. The lowest BCUT2D eigenvalue weighted by molar-refractivity contribution is -0.383. The van der Waals surface area contributed by atoms with Crippen LogP contribution in [0.1, 0.15) is 19.3 Å². The summed E-state index contributed by atoms with van der Waals surface area (Å²) in [5.41, 5.74) is 0.684. The molecule has 0 unspecified atom stereocenters. The Hall–Kier alpha value is -2.37. The Bertz CT molecular complexity index is 618. The number of carboxylic acids is 1.